The predicted molar refractivity (Wildman–Crippen MR) is 168 cm³/mol. The largest absolute Gasteiger partial charge is 0.388 e. The second kappa shape index (κ2) is 14.2. The molecule has 4 rings (SSSR count). The molecular weight excluding hydrogens is 594 g/mol. The van der Waals surface area contributed by atoms with E-state index < -0.39 is 17.4 Å². The molecule has 10 nitrogen and oxygen atoms in total. The summed E-state index contributed by atoms with van der Waals surface area (Å²) in [6.07, 6.45) is 8.73. The van der Waals surface area contributed by atoms with Crippen LogP contribution in [0.15, 0.2) is 77.3 Å². The first-order valence-electron chi connectivity index (χ1n) is 13.5. The maximum absolute atomic E-state index is 15.3. The maximum atomic E-state index is 15.3. The maximum Gasteiger partial charge on any atom is 0.254 e. The molecule has 0 aliphatic carbocycles. The van der Waals surface area contributed by atoms with Gasteiger partial charge in [-0.15, -0.1) is 0 Å². The number of rotatable bonds is 12. The van der Waals surface area contributed by atoms with Gasteiger partial charge in [0.25, 0.3) is 5.56 Å². The Bertz CT molecular complexity index is 1690. The number of nitrogens with zero attached hydrogens (tertiary/aromatic N) is 5. The number of amides is 1. The lowest BCUT2D eigenvalue weighted by atomic mass is 9.99. The minimum absolute atomic E-state index is 0.0222. The van der Waals surface area contributed by atoms with Crippen LogP contribution < -0.4 is 27.5 Å². The molecule has 5 N–H and O–H groups in total. The number of anilines is 2. The van der Waals surface area contributed by atoms with Gasteiger partial charge in [-0.25, -0.2) is 15.2 Å². The van der Waals surface area contributed by atoms with E-state index in [9.17, 15) is 9.59 Å². The van der Waals surface area contributed by atoms with Crippen molar-refractivity contribution in [3.05, 3.63) is 99.4 Å². The molecule has 0 saturated carbocycles. The lowest BCUT2D eigenvalue weighted by Gasteiger charge is -2.22. The molecule has 0 aliphatic heterocycles. The van der Waals surface area contributed by atoms with Crippen molar-refractivity contribution in [2.45, 2.75) is 39.2 Å². The topological polar surface area (TPSA) is 145 Å². The van der Waals surface area contributed by atoms with Crippen LogP contribution in [0.5, 0.6) is 0 Å². The summed E-state index contributed by atoms with van der Waals surface area (Å²) in [5.74, 6) is 5.70. The Morgan fingerprint density at radius 2 is 1.93 bits per heavy atom. The van der Waals surface area contributed by atoms with Gasteiger partial charge < -0.3 is 11.1 Å². The lowest BCUT2D eigenvalue weighted by molar-refractivity contribution is -0.105. The van der Waals surface area contributed by atoms with Gasteiger partial charge in [-0.1, -0.05) is 49.9 Å². The Hall–Kier alpha value is -4.32. The van der Waals surface area contributed by atoms with Gasteiger partial charge in [0.2, 0.25) is 6.41 Å². The molecular formula is C30H31Cl2FN8O2. The number of benzene rings is 1. The van der Waals surface area contributed by atoms with Gasteiger partial charge in [-0.05, 0) is 48.7 Å². The zero-order chi connectivity index (χ0) is 31.1. The summed E-state index contributed by atoms with van der Waals surface area (Å²) in [7, 11) is 0. The average Bonchev–Trinajstić information content (AvgIpc) is 2.97. The van der Waals surface area contributed by atoms with Gasteiger partial charge in [0.05, 0.1) is 57.6 Å². The van der Waals surface area contributed by atoms with Crippen LogP contribution in [0.25, 0.3) is 22.5 Å². The van der Waals surface area contributed by atoms with Crippen LogP contribution in [-0.4, -0.2) is 25.9 Å². The normalized spacial score (nSPS) is 12.3. The fourth-order valence-electron chi connectivity index (χ4n) is 4.72. The van der Waals surface area contributed by atoms with Crippen molar-refractivity contribution in [3.63, 3.8) is 0 Å². The molecule has 1 atom stereocenters. The molecule has 4 aromatic rings. The van der Waals surface area contributed by atoms with Crippen LogP contribution >= 0.6 is 23.2 Å². The number of nitrogens with one attached hydrogen (secondary N) is 1. The van der Waals surface area contributed by atoms with Crippen molar-refractivity contribution >= 4 is 41.0 Å². The van der Waals surface area contributed by atoms with Crippen molar-refractivity contribution in [2.75, 3.05) is 10.3 Å². The van der Waals surface area contributed by atoms with Gasteiger partial charge >= 0.3 is 0 Å². The Labute approximate surface area is 258 Å². The number of hydrogen-bond donors (Lipinski definition) is 3. The van der Waals surface area contributed by atoms with E-state index in [1.54, 1.807) is 30.6 Å². The van der Waals surface area contributed by atoms with Crippen LogP contribution in [0.4, 0.5) is 15.8 Å². The van der Waals surface area contributed by atoms with Crippen LogP contribution in [0.2, 0.25) is 5.02 Å². The second-order valence-corrected chi connectivity index (χ2v) is 11.0. The summed E-state index contributed by atoms with van der Waals surface area (Å²) >= 11 is 11.8. The SMILES string of the molecule is CC(C)CCCC(c1cc(-c2ncccc2NC=O)ccn1)n1cnc(-c2c(N(N)/C=C(\N)Cl)ccc(Cl)c2F)cc1=O. The first kappa shape index (κ1) is 31.6. The zero-order valence-corrected chi connectivity index (χ0v) is 25.1. The molecule has 3 aromatic heterocycles. The Morgan fingerprint density at radius 3 is 2.63 bits per heavy atom. The van der Waals surface area contributed by atoms with Crippen LogP contribution in [-0.2, 0) is 4.79 Å². The molecule has 3 heterocycles. The van der Waals surface area contributed by atoms with Crippen molar-refractivity contribution in [1.82, 2.24) is 19.5 Å². The monoisotopic (exact) mass is 624 g/mol. The predicted octanol–water partition coefficient (Wildman–Crippen LogP) is 5.82. The first-order chi connectivity index (χ1) is 20.6. The number of nitrogens with two attached hydrogens (primary N) is 2. The Balaban J connectivity index is 1.81. The molecule has 1 amide bonds. The smallest absolute Gasteiger partial charge is 0.254 e. The number of hydrazine groups is 1. The Morgan fingerprint density at radius 1 is 1.14 bits per heavy atom. The number of pyridine rings is 2. The molecule has 43 heavy (non-hydrogen) atoms. The summed E-state index contributed by atoms with van der Waals surface area (Å²) in [6.45, 7) is 4.26. The summed E-state index contributed by atoms with van der Waals surface area (Å²) in [4.78, 5) is 38.3. The van der Waals surface area contributed by atoms with Crippen molar-refractivity contribution < 1.29 is 9.18 Å². The molecule has 0 radical (unpaired) electrons. The number of carbonyl (C=O) groups is 1. The molecule has 1 unspecified atom stereocenters. The third kappa shape index (κ3) is 7.56. The van der Waals surface area contributed by atoms with E-state index in [1.807, 2.05) is 6.07 Å². The third-order valence-corrected chi connectivity index (χ3v) is 7.11. The fraction of sp³-hybridized carbons (Fsp3) is 0.233. The van der Waals surface area contributed by atoms with E-state index in [4.69, 9.17) is 34.8 Å². The molecule has 1 aromatic carbocycles. The fourth-order valence-corrected chi connectivity index (χ4v) is 4.99. The minimum atomic E-state index is -0.807. The summed E-state index contributed by atoms with van der Waals surface area (Å²) in [5.41, 5.74) is 7.59. The lowest BCUT2D eigenvalue weighted by Crippen LogP contribution is -2.28. The van der Waals surface area contributed by atoms with Crippen molar-refractivity contribution in [2.24, 2.45) is 17.5 Å². The van der Waals surface area contributed by atoms with Crippen molar-refractivity contribution in [3.8, 4) is 22.5 Å². The van der Waals surface area contributed by atoms with E-state index in [1.165, 1.54) is 35.3 Å². The standard InChI is InChI=1S/C30H31Cl2FN8O2/c1-18(2)5-3-7-24(22-13-19(10-12-36-22)30-21(39-17-42)6-4-11-37-30)40-16-38-23(14-27(40)43)28-25(41(35)15-26(32)34)9-8-20(31)29(28)33/h4,6,8-18,24H,3,5,7,34-35H2,1-2H3,(H,39,42)/b26-15-. The molecule has 0 saturated heterocycles. The highest BCUT2D eigenvalue weighted by Crippen LogP contribution is 2.35. The van der Waals surface area contributed by atoms with Crippen LogP contribution in [0.1, 0.15) is 44.8 Å². The number of carbonyl (C=O) groups excluding carboxylic acids is 1. The molecule has 0 spiro atoms. The van der Waals surface area contributed by atoms with Gasteiger partial charge in [0.1, 0.15) is 5.16 Å². The van der Waals surface area contributed by atoms with E-state index >= 15 is 4.39 Å². The van der Waals surface area contributed by atoms with E-state index in [0.29, 0.717) is 41.4 Å². The molecule has 0 fully saturated rings. The average molecular weight is 626 g/mol. The second-order valence-electron chi connectivity index (χ2n) is 10.2. The van der Waals surface area contributed by atoms with Crippen LogP contribution in [0, 0.1) is 11.7 Å². The van der Waals surface area contributed by atoms with Crippen molar-refractivity contribution in [1.29, 1.82) is 0 Å². The van der Waals surface area contributed by atoms with E-state index in [0.717, 1.165) is 17.9 Å². The van der Waals surface area contributed by atoms with E-state index in [-0.39, 0.29) is 27.1 Å². The van der Waals surface area contributed by atoms with Gasteiger partial charge in [-0.3, -0.25) is 29.1 Å². The van der Waals surface area contributed by atoms with Gasteiger partial charge in [0, 0.05) is 24.0 Å². The first-order valence-corrected chi connectivity index (χ1v) is 14.2. The van der Waals surface area contributed by atoms with Gasteiger partial charge in [-0.2, -0.15) is 0 Å². The minimum Gasteiger partial charge on any atom is -0.388 e. The third-order valence-electron chi connectivity index (χ3n) is 6.72. The highest BCUT2D eigenvalue weighted by atomic mass is 35.5. The van der Waals surface area contributed by atoms with Crippen LogP contribution in [0.3, 0.4) is 0 Å². The quantitative estimate of drug-likeness (QED) is 0.0773. The molecule has 13 heteroatoms. The summed E-state index contributed by atoms with van der Waals surface area (Å²) in [6, 6.07) is 10.6. The van der Waals surface area contributed by atoms with E-state index in [2.05, 4.69) is 34.1 Å². The number of aromatic nitrogens is 4. The Kier molecular flexibility index (Phi) is 10.5. The number of hydrogen-bond acceptors (Lipinski definition) is 8. The zero-order valence-electron chi connectivity index (χ0n) is 23.5. The summed E-state index contributed by atoms with van der Waals surface area (Å²) in [5, 5.41) is 3.38. The molecule has 224 valence electrons. The number of halogens is 3. The highest BCUT2D eigenvalue weighted by molar-refractivity contribution is 6.31. The summed E-state index contributed by atoms with van der Waals surface area (Å²) < 4.78 is 16.8. The highest BCUT2D eigenvalue weighted by Gasteiger charge is 2.22. The van der Waals surface area contributed by atoms with Gasteiger partial charge in [0.15, 0.2) is 5.82 Å². The molecule has 0 bridgehead atoms. The molecule has 0 aliphatic rings.